The van der Waals surface area contributed by atoms with Gasteiger partial charge in [-0.2, -0.15) is 0 Å². The summed E-state index contributed by atoms with van der Waals surface area (Å²) in [6, 6.07) is 0. The summed E-state index contributed by atoms with van der Waals surface area (Å²) in [7, 11) is 0. The molecule has 0 heterocycles. The van der Waals surface area contributed by atoms with Crippen LogP contribution in [0.2, 0.25) is 0 Å². The molecule has 0 bridgehead atoms. The number of hydrogen-bond acceptors (Lipinski definition) is 2. The van der Waals surface area contributed by atoms with E-state index in [1.807, 2.05) is 0 Å². The third-order valence-corrected chi connectivity index (χ3v) is 0. The van der Waals surface area contributed by atoms with Gasteiger partial charge in [0, 0.05) is 19.5 Å². The molecule has 0 spiro atoms. The molecule has 0 aliphatic heterocycles. The molecule has 5 heavy (non-hydrogen) atoms. The zero-order chi connectivity index (χ0) is 2.71. The average molecular weight is 177 g/mol. The topological polar surface area (TPSA) is 34.1 Å². The second-order valence-corrected chi connectivity index (χ2v) is 0.344. The van der Waals surface area contributed by atoms with Crippen molar-refractivity contribution in [3.05, 3.63) is 0 Å². The second kappa shape index (κ2) is 19.2. The van der Waals surface area contributed by atoms with Crippen LogP contribution in [0.15, 0.2) is 0 Å². The first-order chi connectivity index (χ1) is 1.41. The van der Waals surface area contributed by atoms with Gasteiger partial charge in [-0.1, -0.05) is 0 Å². The van der Waals surface area contributed by atoms with Crippen molar-refractivity contribution in [2.75, 3.05) is 0 Å². The van der Waals surface area contributed by atoms with Gasteiger partial charge in [-0.25, -0.2) is 0 Å². The SMILES string of the molecule is [O]=[Ti]=[O].[SiH4].[Zn]. The molecular weight excluding hydrogens is 173 g/mol. The molecule has 0 N–H and O–H groups in total. The molecule has 0 fully saturated rings. The molecule has 0 saturated heterocycles. The van der Waals surface area contributed by atoms with Crippen molar-refractivity contribution < 1.29 is 45.2 Å². The molecule has 2 nitrogen and oxygen atoms in total. The summed E-state index contributed by atoms with van der Waals surface area (Å²) in [6.45, 7) is 0. The van der Waals surface area contributed by atoms with Crippen LogP contribution in [0.5, 0.6) is 0 Å². The molecule has 0 atom stereocenters. The zero-order valence-electron chi connectivity index (χ0n) is 2.02. The van der Waals surface area contributed by atoms with E-state index in [1.165, 1.54) is 0 Å². The minimum absolute atomic E-state index is 0. The van der Waals surface area contributed by atoms with Crippen molar-refractivity contribution in [1.29, 1.82) is 0 Å². The number of rotatable bonds is 0. The van der Waals surface area contributed by atoms with Crippen LogP contribution in [0, 0.1) is 0 Å². The molecule has 0 aromatic carbocycles. The summed E-state index contributed by atoms with van der Waals surface area (Å²) in [6.07, 6.45) is 0. The third-order valence-electron chi connectivity index (χ3n) is 0. The molecule has 0 radical (unpaired) electrons. The van der Waals surface area contributed by atoms with Crippen LogP contribution in [-0.4, -0.2) is 11.0 Å². The fourth-order valence-corrected chi connectivity index (χ4v) is 0. The Bertz CT molecular complexity index is 30.6. The summed E-state index contributed by atoms with van der Waals surface area (Å²) >= 11 is -2.00. The molecular formula is H4O2SiTiZn. The van der Waals surface area contributed by atoms with E-state index in [9.17, 15) is 0 Å². The maximum Gasteiger partial charge on any atom is 0 e. The molecule has 0 rings (SSSR count). The first-order valence-electron chi connectivity index (χ1n) is 0.408. The Balaban J connectivity index is -0.0000000200. The second-order valence-electron chi connectivity index (χ2n) is 0.0833. The first-order valence-corrected chi connectivity index (χ1v) is 1.68. The number of hydrogen-bond donors (Lipinski definition) is 0. The standard InChI is InChI=1S/2O.H4Si.Ti.Zn/h;;1H4;;. The van der Waals surface area contributed by atoms with E-state index < -0.39 is 19.1 Å². The van der Waals surface area contributed by atoms with Crippen LogP contribution in [0.1, 0.15) is 0 Å². The van der Waals surface area contributed by atoms with Gasteiger partial charge in [0.2, 0.25) is 0 Å². The summed E-state index contributed by atoms with van der Waals surface area (Å²) in [4.78, 5) is 0. The van der Waals surface area contributed by atoms with Gasteiger partial charge in [0.1, 0.15) is 0 Å². The summed E-state index contributed by atoms with van der Waals surface area (Å²) < 4.78 is 17.0. The summed E-state index contributed by atoms with van der Waals surface area (Å²) in [5.41, 5.74) is 0. The van der Waals surface area contributed by atoms with Crippen LogP contribution < -0.4 is 0 Å². The molecule has 0 aliphatic carbocycles. The molecule has 0 saturated carbocycles. The Labute approximate surface area is 56.1 Å². The molecule has 0 unspecified atom stereocenters. The molecule has 0 aliphatic rings. The summed E-state index contributed by atoms with van der Waals surface area (Å²) in [5, 5.41) is 0. The Morgan fingerprint density at radius 3 is 1.20 bits per heavy atom. The largest absolute Gasteiger partial charge is 0.0149 e. The van der Waals surface area contributed by atoms with Gasteiger partial charge >= 0.3 is 25.7 Å². The smallest absolute Gasteiger partial charge is 0 e. The van der Waals surface area contributed by atoms with E-state index in [2.05, 4.69) is 0 Å². The minimum atomic E-state index is -2.00. The van der Waals surface area contributed by atoms with Crippen LogP contribution in [-0.2, 0) is 45.2 Å². The van der Waals surface area contributed by atoms with Crippen molar-refractivity contribution in [2.24, 2.45) is 0 Å². The molecule has 5 heteroatoms. The van der Waals surface area contributed by atoms with E-state index in [0.717, 1.165) is 0 Å². The van der Waals surface area contributed by atoms with Gasteiger partial charge in [0.25, 0.3) is 0 Å². The zero-order valence-corrected chi connectivity index (χ0v) is 6.55. The van der Waals surface area contributed by atoms with E-state index in [4.69, 9.17) is 6.65 Å². The Hall–Kier alpha value is 1.15. The predicted octanol–water partition coefficient (Wildman–Crippen LogP) is -1.69. The van der Waals surface area contributed by atoms with Crippen LogP contribution >= 0.6 is 0 Å². The Morgan fingerprint density at radius 1 is 1.20 bits per heavy atom. The fraction of sp³-hybridized carbons (Fsp3) is 0. The monoisotopic (exact) mass is 176 g/mol. The van der Waals surface area contributed by atoms with Gasteiger partial charge in [0.05, 0.1) is 0 Å². The van der Waals surface area contributed by atoms with Gasteiger partial charge in [0.15, 0.2) is 0 Å². The fourth-order valence-electron chi connectivity index (χ4n) is 0. The quantitative estimate of drug-likeness (QED) is 0.414. The van der Waals surface area contributed by atoms with E-state index in [-0.39, 0.29) is 30.4 Å². The van der Waals surface area contributed by atoms with Crippen molar-refractivity contribution in [1.82, 2.24) is 0 Å². The average Bonchev–Trinajstić information content (AvgIpc) is 0.918. The maximum absolute atomic E-state index is 8.50. The van der Waals surface area contributed by atoms with Crippen molar-refractivity contribution in [3.63, 3.8) is 0 Å². The van der Waals surface area contributed by atoms with E-state index in [0.29, 0.717) is 0 Å². The minimum Gasteiger partial charge on any atom is -0.0149 e. The van der Waals surface area contributed by atoms with E-state index >= 15 is 0 Å². The van der Waals surface area contributed by atoms with Gasteiger partial charge in [-0.05, 0) is 11.0 Å². The normalized spacial score (nSPS) is 1.60. The molecule has 0 aromatic heterocycles. The Morgan fingerprint density at radius 2 is 1.20 bits per heavy atom. The van der Waals surface area contributed by atoms with E-state index in [1.54, 1.807) is 0 Å². The Kier molecular flexibility index (Phi) is 63.0. The van der Waals surface area contributed by atoms with Crippen molar-refractivity contribution in [2.45, 2.75) is 0 Å². The summed E-state index contributed by atoms with van der Waals surface area (Å²) in [5.74, 6) is 0. The van der Waals surface area contributed by atoms with Crippen LogP contribution in [0.3, 0.4) is 0 Å². The molecule has 0 amide bonds. The predicted molar refractivity (Wildman–Crippen MR) is 12.7 cm³/mol. The van der Waals surface area contributed by atoms with Crippen LogP contribution in [0.25, 0.3) is 0 Å². The van der Waals surface area contributed by atoms with Crippen molar-refractivity contribution in [3.8, 4) is 0 Å². The van der Waals surface area contributed by atoms with Gasteiger partial charge in [-0.3, -0.25) is 0 Å². The first kappa shape index (κ1) is 16.4. The van der Waals surface area contributed by atoms with Crippen molar-refractivity contribution >= 4 is 11.0 Å². The molecule has 0 aromatic rings. The third kappa shape index (κ3) is 38.5. The van der Waals surface area contributed by atoms with Gasteiger partial charge < -0.3 is 0 Å². The van der Waals surface area contributed by atoms with Gasteiger partial charge in [-0.15, -0.1) is 0 Å². The maximum atomic E-state index is 8.50. The van der Waals surface area contributed by atoms with Crippen LogP contribution in [0.4, 0.5) is 0 Å². The molecule has 26 valence electrons.